The molecule has 0 aliphatic carbocycles. The Bertz CT molecular complexity index is 1110. The molecule has 1 fully saturated rings. The molecule has 3 rings (SSSR count). The smallest absolute Gasteiger partial charge is 0.328 e. The van der Waals surface area contributed by atoms with Crippen LogP contribution >= 0.6 is 39.3 Å². The highest BCUT2D eigenvalue weighted by Crippen LogP contribution is 2.40. The number of thioether (sulfide) groups is 1. The number of halogens is 2. The lowest BCUT2D eigenvalue weighted by Crippen LogP contribution is -2.42. The molecular weight excluding hydrogens is 522 g/mol. The normalized spacial score (nSPS) is 15.8. The molecule has 1 heterocycles. The largest absolute Gasteiger partial charge is 0.493 e. The van der Waals surface area contributed by atoms with Crippen LogP contribution in [0.2, 0.25) is 5.02 Å². The van der Waals surface area contributed by atoms with Gasteiger partial charge in [-0.05, 0) is 64.5 Å². The number of hydrogen-bond acceptors (Lipinski definition) is 7. The Labute approximate surface area is 202 Å². The Morgan fingerprint density at radius 3 is 2.62 bits per heavy atom. The van der Waals surface area contributed by atoms with Gasteiger partial charge in [0, 0.05) is 10.6 Å². The molecule has 0 bridgehead atoms. The summed E-state index contributed by atoms with van der Waals surface area (Å²) in [5.41, 5.74) is 1.43. The van der Waals surface area contributed by atoms with Gasteiger partial charge >= 0.3 is 5.97 Å². The average molecular weight is 541 g/mol. The molecular formula is C22H19BrClNO6S. The molecule has 2 aromatic carbocycles. The molecule has 0 unspecified atom stereocenters. The number of nitrogens with zero attached hydrogens (tertiary/aromatic N) is 1. The summed E-state index contributed by atoms with van der Waals surface area (Å²) < 4.78 is 16.6. The van der Waals surface area contributed by atoms with Gasteiger partial charge < -0.3 is 14.2 Å². The minimum absolute atomic E-state index is 0.185. The van der Waals surface area contributed by atoms with Gasteiger partial charge in [-0.2, -0.15) is 0 Å². The van der Waals surface area contributed by atoms with E-state index in [-0.39, 0.29) is 11.5 Å². The van der Waals surface area contributed by atoms with Crippen LogP contribution in [0.4, 0.5) is 4.79 Å². The van der Waals surface area contributed by atoms with Gasteiger partial charge in [0.25, 0.3) is 11.1 Å². The van der Waals surface area contributed by atoms with Crippen LogP contribution in [0.5, 0.6) is 11.5 Å². The highest BCUT2D eigenvalue weighted by atomic mass is 79.9. The van der Waals surface area contributed by atoms with Crippen molar-refractivity contribution in [3.63, 3.8) is 0 Å². The average Bonchev–Trinajstić information content (AvgIpc) is 3.05. The van der Waals surface area contributed by atoms with E-state index in [9.17, 15) is 14.4 Å². The first-order valence-corrected chi connectivity index (χ1v) is 11.3. The fourth-order valence-corrected chi connectivity index (χ4v) is 4.64. The molecule has 10 heteroatoms. The van der Waals surface area contributed by atoms with Gasteiger partial charge in [-0.25, -0.2) is 4.79 Å². The Morgan fingerprint density at radius 2 is 1.97 bits per heavy atom. The van der Waals surface area contributed by atoms with E-state index in [0.717, 1.165) is 22.2 Å². The molecule has 32 heavy (non-hydrogen) atoms. The summed E-state index contributed by atoms with van der Waals surface area (Å²) in [6.45, 7) is 1.67. The van der Waals surface area contributed by atoms with E-state index in [0.29, 0.717) is 26.6 Å². The van der Waals surface area contributed by atoms with Crippen LogP contribution in [0.25, 0.3) is 6.08 Å². The van der Waals surface area contributed by atoms with Crippen molar-refractivity contribution in [2.45, 2.75) is 19.6 Å². The lowest BCUT2D eigenvalue weighted by molar-refractivity contribution is -0.148. The number of methoxy groups -OCH3 is 2. The third-order valence-corrected chi connectivity index (χ3v) is 6.47. The first-order chi connectivity index (χ1) is 15.3. The molecule has 0 radical (unpaired) electrons. The summed E-state index contributed by atoms with van der Waals surface area (Å²) in [4.78, 5) is 37.8. The van der Waals surface area contributed by atoms with Crippen molar-refractivity contribution in [1.82, 2.24) is 4.90 Å². The van der Waals surface area contributed by atoms with Crippen LogP contribution in [0.3, 0.4) is 0 Å². The molecule has 0 spiro atoms. The van der Waals surface area contributed by atoms with E-state index in [1.807, 2.05) is 18.2 Å². The zero-order valence-electron chi connectivity index (χ0n) is 17.4. The molecule has 2 amide bonds. The quantitative estimate of drug-likeness (QED) is 0.349. The zero-order valence-corrected chi connectivity index (χ0v) is 20.5. The van der Waals surface area contributed by atoms with Crippen LogP contribution in [0, 0.1) is 0 Å². The van der Waals surface area contributed by atoms with Crippen molar-refractivity contribution < 1.29 is 28.6 Å². The fourth-order valence-electron chi connectivity index (χ4n) is 2.97. The van der Waals surface area contributed by atoms with Crippen LogP contribution < -0.4 is 9.47 Å². The molecule has 1 saturated heterocycles. The van der Waals surface area contributed by atoms with Crippen molar-refractivity contribution in [1.29, 1.82) is 0 Å². The maximum absolute atomic E-state index is 12.7. The lowest BCUT2D eigenvalue weighted by atomic mass is 10.1. The number of benzene rings is 2. The minimum Gasteiger partial charge on any atom is -0.493 e. The van der Waals surface area contributed by atoms with Gasteiger partial charge in [0.1, 0.15) is 12.6 Å². The highest BCUT2D eigenvalue weighted by Gasteiger charge is 2.41. The van der Waals surface area contributed by atoms with Crippen molar-refractivity contribution >= 4 is 62.5 Å². The van der Waals surface area contributed by atoms with Gasteiger partial charge in [-0.15, -0.1) is 0 Å². The topological polar surface area (TPSA) is 82.1 Å². The molecule has 168 valence electrons. The number of rotatable bonds is 7. The number of esters is 1. The molecule has 0 aromatic heterocycles. The monoisotopic (exact) mass is 539 g/mol. The Balaban J connectivity index is 1.85. The van der Waals surface area contributed by atoms with Gasteiger partial charge in [0.2, 0.25) is 0 Å². The summed E-state index contributed by atoms with van der Waals surface area (Å²) in [6.07, 6.45) is 1.56. The number of hydrogen-bond donors (Lipinski definition) is 0. The summed E-state index contributed by atoms with van der Waals surface area (Å²) in [7, 11) is 2.70. The number of carbonyl (C=O) groups excluding carboxylic acids is 3. The van der Waals surface area contributed by atoms with Gasteiger partial charge in [-0.1, -0.05) is 29.8 Å². The van der Waals surface area contributed by atoms with Crippen LogP contribution in [-0.2, 0) is 20.9 Å². The van der Waals surface area contributed by atoms with Crippen LogP contribution in [-0.4, -0.2) is 42.3 Å². The molecule has 0 saturated carbocycles. The number of imide groups is 1. The number of amides is 2. The molecule has 7 nitrogen and oxygen atoms in total. The number of ether oxygens (including phenoxy) is 3. The number of carbonyl (C=O) groups is 3. The third kappa shape index (κ3) is 5.11. The molecule has 0 N–H and O–H groups in total. The van der Waals surface area contributed by atoms with Crippen molar-refractivity contribution in [2.24, 2.45) is 0 Å². The summed E-state index contributed by atoms with van der Waals surface area (Å²) in [5.74, 6) is -0.332. The SMILES string of the molecule is COC(=O)[C@@H](C)N1C(=O)S/C(=C\c2cc(Br)c(OCc3ccccc3Cl)c(OC)c2)C1=O. The first kappa shape index (κ1) is 24.2. The molecule has 1 aliphatic rings. The van der Waals surface area contributed by atoms with Gasteiger partial charge in [0.15, 0.2) is 11.5 Å². The zero-order chi connectivity index (χ0) is 23.4. The molecule has 2 aromatic rings. The van der Waals surface area contributed by atoms with Gasteiger partial charge in [0.05, 0.1) is 23.6 Å². The first-order valence-electron chi connectivity index (χ1n) is 9.35. The highest BCUT2D eigenvalue weighted by molar-refractivity contribution is 9.10. The summed E-state index contributed by atoms with van der Waals surface area (Å²) in [5, 5.41) is 0.0565. The van der Waals surface area contributed by atoms with Crippen LogP contribution in [0.1, 0.15) is 18.1 Å². The van der Waals surface area contributed by atoms with E-state index in [1.54, 1.807) is 24.3 Å². The van der Waals surface area contributed by atoms with E-state index >= 15 is 0 Å². The third-order valence-electron chi connectivity index (χ3n) is 4.63. The second-order valence-electron chi connectivity index (χ2n) is 6.67. The maximum atomic E-state index is 12.7. The predicted molar refractivity (Wildman–Crippen MR) is 126 cm³/mol. The van der Waals surface area contributed by atoms with Crippen molar-refractivity contribution in [3.8, 4) is 11.5 Å². The van der Waals surface area contributed by atoms with Gasteiger partial charge in [-0.3, -0.25) is 14.5 Å². The summed E-state index contributed by atoms with van der Waals surface area (Å²) in [6, 6.07) is 9.76. The maximum Gasteiger partial charge on any atom is 0.328 e. The standard InChI is InChI=1S/C22H19BrClNO6S/c1-12(21(27)30-3)25-20(26)18(32-22(25)28)10-13-8-15(23)19(17(9-13)29-2)31-11-14-6-4-5-7-16(14)24/h4-10,12H,11H2,1-3H3/b18-10-/t12-/m1/s1. The van der Waals surface area contributed by atoms with E-state index in [4.69, 9.17) is 21.1 Å². The second kappa shape index (κ2) is 10.4. The Kier molecular flexibility index (Phi) is 7.86. The minimum atomic E-state index is -1.01. The predicted octanol–water partition coefficient (Wildman–Crippen LogP) is 5.29. The molecule has 1 atom stereocenters. The lowest BCUT2D eigenvalue weighted by Gasteiger charge is -2.18. The summed E-state index contributed by atoms with van der Waals surface area (Å²) >= 11 is 10.4. The van der Waals surface area contributed by atoms with Crippen LogP contribution in [0.15, 0.2) is 45.8 Å². The Hall–Kier alpha value is -2.49. The molecule has 1 aliphatic heterocycles. The van der Waals surface area contributed by atoms with E-state index in [1.165, 1.54) is 21.1 Å². The Morgan fingerprint density at radius 1 is 1.25 bits per heavy atom. The van der Waals surface area contributed by atoms with Crippen molar-refractivity contribution in [3.05, 3.63) is 61.9 Å². The van der Waals surface area contributed by atoms with Crippen molar-refractivity contribution in [2.75, 3.05) is 14.2 Å². The van der Waals surface area contributed by atoms with E-state index in [2.05, 4.69) is 20.7 Å². The fraction of sp³-hybridized carbons (Fsp3) is 0.227. The van der Waals surface area contributed by atoms with E-state index < -0.39 is 23.2 Å². The second-order valence-corrected chi connectivity index (χ2v) is 8.92.